The molecule has 1 N–H and O–H groups in total. The van der Waals surface area contributed by atoms with Crippen LogP contribution in [0.25, 0.3) is 0 Å². The van der Waals surface area contributed by atoms with Crippen LogP contribution in [0.3, 0.4) is 0 Å². The zero-order valence-electron chi connectivity index (χ0n) is 12.8. The fraction of sp³-hybridized carbons (Fsp3) is 0.667. The van der Waals surface area contributed by atoms with Crippen molar-refractivity contribution in [2.75, 3.05) is 26.2 Å². The minimum absolute atomic E-state index is 0. The Bertz CT molecular complexity index is 468. The van der Waals surface area contributed by atoms with Crippen LogP contribution < -0.4 is 5.32 Å². The number of piperidine rings is 3. The molecule has 1 aromatic carbocycles. The van der Waals surface area contributed by atoms with Gasteiger partial charge < -0.3 is 10.2 Å². The molecule has 3 heteroatoms. The number of rotatable bonds is 3. The van der Waals surface area contributed by atoms with E-state index in [2.05, 4.69) is 34.5 Å². The smallest absolute Gasteiger partial charge is 0.0224 e. The molecule has 0 saturated carbocycles. The van der Waals surface area contributed by atoms with Crippen LogP contribution in [-0.2, 0) is 6.42 Å². The molecular weight excluding hydrogens is 280 g/mol. The van der Waals surface area contributed by atoms with E-state index in [1.54, 1.807) is 11.1 Å². The Balaban J connectivity index is 0.00000132. The molecule has 3 heterocycles. The van der Waals surface area contributed by atoms with Crippen LogP contribution in [0.5, 0.6) is 0 Å². The monoisotopic (exact) mass is 306 g/mol. The average Bonchev–Trinajstić information content (AvgIpc) is 2.54. The molecule has 21 heavy (non-hydrogen) atoms. The molecule has 2 nitrogen and oxygen atoms in total. The van der Waals surface area contributed by atoms with Crippen LogP contribution in [-0.4, -0.2) is 37.1 Å². The molecule has 2 bridgehead atoms. The highest BCUT2D eigenvalue weighted by Crippen LogP contribution is 2.32. The second kappa shape index (κ2) is 6.68. The molecule has 1 aromatic rings. The number of nitrogens with zero attached hydrogens (tertiary/aromatic N) is 1. The topological polar surface area (TPSA) is 15.3 Å². The van der Waals surface area contributed by atoms with E-state index in [-0.39, 0.29) is 12.4 Å². The standard InChI is InChI=1S/C18H26N2.ClH/c1-2-7-17-14(4-1)5-3-6-16(17)12-19-18-13-20-10-8-15(18)9-11-20;/h1-2,4,7,15-16,18-19H,3,5-6,8-13H2;1H/t16-,18-;/m1./s1. The van der Waals surface area contributed by atoms with Crippen LogP contribution in [0.15, 0.2) is 24.3 Å². The predicted molar refractivity (Wildman–Crippen MR) is 90.3 cm³/mol. The van der Waals surface area contributed by atoms with Crippen molar-refractivity contribution >= 4 is 12.4 Å². The van der Waals surface area contributed by atoms with Gasteiger partial charge in [0.25, 0.3) is 0 Å². The maximum Gasteiger partial charge on any atom is 0.0224 e. The molecule has 3 aliphatic heterocycles. The first-order valence-electron chi connectivity index (χ1n) is 8.44. The van der Waals surface area contributed by atoms with E-state index < -0.39 is 0 Å². The predicted octanol–water partition coefficient (Wildman–Crippen LogP) is 3.21. The van der Waals surface area contributed by atoms with Crippen molar-refractivity contribution in [3.8, 4) is 0 Å². The van der Waals surface area contributed by atoms with Gasteiger partial charge >= 0.3 is 0 Å². The third-order valence-electron chi connectivity index (χ3n) is 5.78. The summed E-state index contributed by atoms with van der Waals surface area (Å²) in [6, 6.07) is 9.85. The summed E-state index contributed by atoms with van der Waals surface area (Å²) >= 11 is 0. The number of halogens is 1. The second-order valence-corrected chi connectivity index (χ2v) is 6.94. The number of hydrogen-bond donors (Lipinski definition) is 1. The average molecular weight is 307 g/mol. The highest BCUT2D eigenvalue weighted by Gasteiger charge is 2.34. The number of nitrogens with one attached hydrogen (secondary N) is 1. The van der Waals surface area contributed by atoms with Crippen molar-refractivity contribution in [2.24, 2.45) is 5.92 Å². The van der Waals surface area contributed by atoms with Crippen molar-refractivity contribution in [1.29, 1.82) is 0 Å². The van der Waals surface area contributed by atoms with Gasteiger partial charge in [0.15, 0.2) is 0 Å². The summed E-state index contributed by atoms with van der Waals surface area (Å²) in [6.45, 7) is 5.16. The molecule has 0 spiro atoms. The van der Waals surface area contributed by atoms with Crippen molar-refractivity contribution < 1.29 is 0 Å². The van der Waals surface area contributed by atoms with Crippen LogP contribution in [0, 0.1) is 5.92 Å². The largest absolute Gasteiger partial charge is 0.312 e. The lowest BCUT2D eigenvalue weighted by Gasteiger charge is -2.45. The Labute approximate surface area is 134 Å². The number of aryl methyl sites for hydroxylation is 1. The van der Waals surface area contributed by atoms with Crippen molar-refractivity contribution in [2.45, 2.75) is 44.1 Å². The van der Waals surface area contributed by atoms with Gasteiger partial charge in [0.2, 0.25) is 0 Å². The lowest BCUT2D eigenvalue weighted by Crippen LogP contribution is -2.56. The quantitative estimate of drug-likeness (QED) is 0.922. The molecule has 4 aliphatic rings. The van der Waals surface area contributed by atoms with Crippen molar-refractivity contribution in [3.05, 3.63) is 35.4 Å². The lowest BCUT2D eigenvalue weighted by molar-refractivity contribution is 0.0718. The van der Waals surface area contributed by atoms with E-state index in [1.807, 2.05) is 0 Å². The number of hydrogen-bond acceptors (Lipinski definition) is 2. The van der Waals surface area contributed by atoms with E-state index in [0.29, 0.717) is 0 Å². The summed E-state index contributed by atoms with van der Waals surface area (Å²) in [5.74, 6) is 1.69. The molecular formula is C18H27ClN2. The maximum absolute atomic E-state index is 3.92. The van der Waals surface area contributed by atoms with Gasteiger partial charge in [-0.05, 0) is 68.2 Å². The molecule has 0 aromatic heterocycles. The Morgan fingerprint density at radius 1 is 1.10 bits per heavy atom. The van der Waals surface area contributed by atoms with E-state index in [0.717, 1.165) is 17.9 Å². The molecule has 0 amide bonds. The first-order chi connectivity index (χ1) is 9.90. The van der Waals surface area contributed by atoms with Gasteiger partial charge in [-0.1, -0.05) is 24.3 Å². The van der Waals surface area contributed by atoms with Crippen LogP contribution in [0.4, 0.5) is 0 Å². The summed E-state index contributed by atoms with van der Waals surface area (Å²) in [5, 5.41) is 3.92. The minimum Gasteiger partial charge on any atom is -0.312 e. The second-order valence-electron chi connectivity index (χ2n) is 6.94. The summed E-state index contributed by atoms with van der Waals surface area (Å²) < 4.78 is 0. The third-order valence-corrected chi connectivity index (χ3v) is 5.78. The fourth-order valence-electron chi connectivity index (χ4n) is 4.56. The van der Waals surface area contributed by atoms with Crippen LogP contribution in [0.1, 0.15) is 42.7 Å². The molecule has 0 unspecified atom stereocenters. The summed E-state index contributed by atoms with van der Waals surface area (Å²) in [7, 11) is 0. The third kappa shape index (κ3) is 3.13. The highest BCUT2D eigenvalue weighted by molar-refractivity contribution is 5.85. The SMILES string of the molecule is Cl.c1ccc2c(c1)CCC[C@@H]2CN[C@@H]1CN2CCC1CC2. The fourth-order valence-corrected chi connectivity index (χ4v) is 4.56. The number of fused-ring (bicyclic) bond motifs is 4. The van der Waals surface area contributed by atoms with Crippen LogP contribution in [0.2, 0.25) is 0 Å². The molecule has 2 atom stereocenters. The van der Waals surface area contributed by atoms with Crippen molar-refractivity contribution in [1.82, 2.24) is 10.2 Å². The number of benzene rings is 1. The first kappa shape index (κ1) is 15.3. The maximum atomic E-state index is 3.92. The van der Waals surface area contributed by atoms with E-state index in [1.165, 1.54) is 58.3 Å². The van der Waals surface area contributed by atoms with E-state index in [4.69, 9.17) is 0 Å². The highest BCUT2D eigenvalue weighted by atomic mass is 35.5. The minimum atomic E-state index is 0. The first-order valence-corrected chi connectivity index (χ1v) is 8.44. The van der Waals surface area contributed by atoms with E-state index in [9.17, 15) is 0 Å². The molecule has 1 aliphatic carbocycles. The van der Waals surface area contributed by atoms with Gasteiger partial charge in [-0.25, -0.2) is 0 Å². The van der Waals surface area contributed by atoms with Gasteiger partial charge in [-0.3, -0.25) is 0 Å². The van der Waals surface area contributed by atoms with Crippen LogP contribution >= 0.6 is 12.4 Å². The van der Waals surface area contributed by atoms with Gasteiger partial charge in [0, 0.05) is 19.1 Å². The Kier molecular flexibility index (Phi) is 4.88. The Morgan fingerprint density at radius 3 is 2.67 bits per heavy atom. The summed E-state index contributed by atoms with van der Waals surface area (Å²) in [4.78, 5) is 2.65. The Hall–Kier alpha value is -0.570. The molecule has 3 saturated heterocycles. The molecule has 0 radical (unpaired) electrons. The van der Waals surface area contributed by atoms with Gasteiger partial charge in [0.1, 0.15) is 0 Å². The molecule has 116 valence electrons. The zero-order valence-corrected chi connectivity index (χ0v) is 13.6. The van der Waals surface area contributed by atoms with Crippen molar-refractivity contribution in [3.63, 3.8) is 0 Å². The zero-order chi connectivity index (χ0) is 13.4. The lowest BCUT2D eigenvalue weighted by atomic mass is 9.81. The van der Waals surface area contributed by atoms with E-state index >= 15 is 0 Å². The Morgan fingerprint density at radius 2 is 1.90 bits per heavy atom. The summed E-state index contributed by atoms with van der Waals surface area (Å²) in [6.07, 6.45) is 6.85. The van der Waals surface area contributed by atoms with Gasteiger partial charge in [-0.2, -0.15) is 0 Å². The summed E-state index contributed by atoms with van der Waals surface area (Å²) in [5.41, 5.74) is 3.21. The van der Waals surface area contributed by atoms with Gasteiger partial charge in [-0.15, -0.1) is 12.4 Å². The molecule has 5 rings (SSSR count). The normalized spacial score (nSPS) is 34.1. The molecule has 3 fully saturated rings. The van der Waals surface area contributed by atoms with Gasteiger partial charge in [0.05, 0.1) is 0 Å².